The van der Waals surface area contributed by atoms with Gasteiger partial charge >= 0.3 is 0 Å². The largest absolute Gasteiger partial charge is 0.454 e. The molecule has 0 bridgehead atoms. The number of ether oxygens (including phenoxy) is 2. The minimum Gasteiger partial charge on any atom is -0.454 e. The van der Waals surface area contributed by atoms with E-state index in [9.17, 15) is 13.2 Å². The van der Waals surface area contributed by atoms with Gasteiger partial charge in [-0.25, -0.2) is 8.42 Å². The molecule has 3 rings (SSSR count). The fourth-order valence-electron chi connectivity index (χ4n) is 2.79. The molecule has 144 valence electrons. The van der Waals surface area contributed by atoms with E-state index in [-0.39, 0.29) is 25.7 Å². The molecule has 0 radical (unpaired) electrons. The van der Waals surface area contributed by atoms with Gasteiger partial charge in [0.1, 0.15) is 0 Å². The van der Waals surface area contributed by atoms with Crippen molar-refractivity contribution in [1.82, 2.24) is 5.32 Å². The first-order chi connectivity index (χ1) is 12.9. The van der Waals surface area contributed by atoms with E-state index in [1.165, 1.54) is 4.31 Å². The van der Waals surface area contributed by atoms with Gasteiger partial charge in [0.2, 0.25) is 22.7 Å². The molecule has 0 atom stereocenters. The summed E-state index contributed by atoms with van der Waals surface area (Å²) < 4.78 is 36.2. The van der Waals surface area contributed by atoms with E-state index in [0.717, 1.165) is 11.8 Å². The molecule has 2 aromatic rings. The lowest BCUT2D eigenvalue weighted by atomic mass is 10.2. The van der Waals surface area contributed by atoms with Crippen LogP contribution in [0.4, 0.5) is 5.69 Å². The quantitative estimate of drug-likeness (QED) is 0.747. The molecule has 7 nitrogen and oxygen atoms in total. The van der Waals surface area contributed by atoms with Gasteiger partial charge in [-0.1, -0.05) is 30.3 Å². The van der Waals surface area contributed by atoms with Gasteiger partial charge in [0.25, 0.3) is 0 Å². The number of nitrogens with zero attached hydrogens (tertiary/aromatic N) is 1. The van der Waals surface area contributed by atoms with Crippen molar-refractivity contribution in [3.05, 3.63) is 54.1 Å². The van der Waals surface area contributed by atoms with Crippen LogP contribution >= 0.6 is 0 Å². The molecule has 8 heteroatoms. The van der Waals surface area contributed by atoms with E-state index in [4.69, 9.17) is 9.47 Å². The Labute approximate surface area is 158 Å². The van der Waals surface area contributed by atoms with Crippen molar-refractivity contribution in [1.29, 1.82) is 0 Å². The Balaban J connectivity index is 1.55. The predicted molar refractivity (Wildman–Crippen MR) is 102 cm³/mol. The van der Waals surface area contributed by atoms with Gasteiger partial charge in [-0.3, -0.25) is 9.10 Å². The number of carbonyl (C=O) groups excluding carboxylic acids is 1. The summed E-state index contributed by atoms with van der Waals surface area (Å²) in [5.41, 5.74) is 1.51. The maximum absolute atomic E-state index is 12.2. The van der Waals surface area contributed by atoms with E-state index in [1.807, 2.05) is 30.3 Å². The molecule has 0 aromatic heterocycles. The molecule has 1 heterocycles. The van der Waals surface area contributed by atoms with E-state index >= 15 is 0 Å². The highest BCUT2D eigenvalue weighted by molar-refractivity contribution is 7.92. The minimum absolute atomic E-state index is 0.113. The van der Waals surface area contributed by atoms with Crippen LogP contribution in [0.2, 0.25) is 0 Å². The Kier molecular flexibility index (Phi) is 5.85. The summed E-state index contributed by atoms with van der Waals surface area (Å²) >= 11 is 0. The Morgan fingerprint density at radius 1 is 1.11 bits per heavy atom. The van der Waals surface area contributed by atoms with Crippen LogP contribution in [0.1, 0.15) is 18.4 Å². The first kappa shape index (κ1) is 19.0. The number of nitrogens with one attached hydrogen (secondary N) is 1. The van der Waals surface area contributed by atoms with Crippen LogP contribution < -0.4 is 19.1 Å². The van der Waals surface area contributed by atoms with Crippen molar-refractivity contribution in [2.45, 2.75) is 19.4 Å². The predicted octanol–water partition coefficient (Wildman–Crippen LogP) is 2.28. The number of rotatable bonds is 8. The topological polar surface area (TPSA) is 84.9 Å². The van der Waals surface area contributed by atoms with Gasteiger partial charge in [0, 0.05) is 25.6 Å². The molecule has 1 aliphatic heterocycles. The molecule has 0 aliphatic carbocycles. The zero-order valence-electron chi connectivity index (χ0n) is 15.1. The molecule has 1 N–H and O–H groups in total. The van der Waals surface area contributed by atoms with Crippen molar-refractivity contribution in [2.75, 3.05) is 23.9 Å². The number of fused-ring (bicyclic) bond motifs is 1. The van der Waals surface area contributed by atoms with Gasteiger partial charge in [-0.2, -0.15) is 0 Å². The van der Waals surface area contributed by atoms with Crippen LogP contribution in [0.25, 0.3) is 0 Å². The number of sulfonamides is 1. The van der Waals surface area contributed by atoms with E-state index in [1.54, 1.807) is 18.2 Å². The third kappa shape index (κ3) is 5.13. The van der Waals surface area contributed by atoms with Crippen molar-refractivity contribution in [2.24, 2.45) is 0 Å². The highest BCUT2D eigenvalue weighted by Gasteiger charge is 2.21. The Morgan fingerprint density at radius 2 is 1.85 bits per heavy atom. The Hall–Kier alpha value is -2.74. The standard InChI is InChI=1S/C19H22N2O5S/c1-27(23,24)21(16-9-10-17-18(12-16)26-14-25-17)11-5-8-19(22)20-13-15-6-3-2-4-7-15/h2-4,6-7,9-10,12H,5,8,11,13-14H2,1H3,(H,20,22). The van der Waals surface area contributed by atoms with E-state index < -0.39 is 10.0 Å². The van der Waals surface area contributed by atoms with Gasteiger partial charge in [0.15, 0.2) is 11.5 Å². The number of benzene rings is 2. The van der Waals surface area contributed by atoms with E-state index in [0.29, 0.717) is 30.2 Å². The summed E-state index contributed by atoms with van der Waals surface area (Å²) in [6.07, 6.45) is 1.79. The Bertz CT molecular complexity index is 900. The van der Waals surface area contributed by atoms with Gasteiger partial charge in [-0.15, -0.1) is 0 Å². The van der Waals surface area contributed by atoms with Gasteiger partial charge in [0.05, 0.1) is 11.9 Å². The second-order valence-corrected chi connectivity index (χ2v) is 8.15. The summed E-state index contributed by atoms with van der Waals surface area (Å²) in [5.74, 6) is 0.993. The molecule has 2 aromatic carbocycles. The third-order valence-corrected chi connectivity index (χ3v) is 5.34. The molecular weight excluding hydrogens is 368 g/mol. The Morgan fingerprint density at radius 3 is 2.59 bits per heavy atom. The molecule has 0 saturated heterocycles. The third-order valence-electron chi connectivity index (χ3n) is 4.14. The van der Waals surface area contributed by atoms with Crippen molar-refractivity contribution < 1.29 is 22.7 Å². The molecule has 0 unspecified atom stereocenters. The van der Waals surface area contributed by atoms with Crippen molar-refractivity contribution in [3.63, 3.8) is 0 Å². The maximum atomic E-state index is 12.2. The van der Waals surface area contributed by atoms with Crippen LogP contribution in [-0.4, -0.2) is 33.9 Å². The molecule has 0 fully saturated rings. The highest BCUT2D eigenvalue weighted by atomic mass is 32.2. The molecule has 27 heavy (non-hydrogen) atoms. The number of hydrogen-bond acceptors (Lipinski definition) is 5. The fourth-order valence-corrected chi connectivity index (χ4v) is 3.75. The maximum Gasteiger partial charge on any atom is 0.232 e. The van der Waals surface area contributed by atoms with E-state index in [2.05, 4.69) is 5.32 Å². The van der Waals surface area contributed by atoms with Crippen molar-refractivity contribution in [3.8, 4) is 11.5 Å². The summed E-state index contributed by atoms with van der Waals surface area (Å²) in [5, 5.41) is 2.84. The molecule has 0 spiro atoms. The average Bonchev–Trinajstić information content (AvgIpc) is 3.11. The lowest BCUT2D eigenvalue weighted by Crippen LogP contribution is -2.32. The zero-order chi connectivity index (χ0) is 19.3. The number of carbonyl (C=O) groups is 1. The molecule has 1 amide bonds. The summed E-state index contributed by atoms with van der Waals surface area (Å²) in [4.78, 5) is 12.0. The second kappa shape index (κ2) is 8.30. The summed E-state index contributed by atoms with van der Waals surface area (Å²) in [6.45, 7) is 0.786. The number of amides is 1. The van der Waals surface area contributed by atoms with Crippen LogP contribution in [0.3, 0.4) is 0 Å². The highest BCUT2D eigenvalue weighted by Crippen LogP contribution is 2.36. The number of anilines is 1. The molecular formula is C19H22N2O5S. The van der Waals surface area contributed by atoms with Crippen molar-refractivity contribution >= 4 is 21.6 Å². The average molecular weight is 390 g/mol. The second-order valence-electron chi connectivity index (χ2n) is 6.24. The molecule has 1 aliphatic rings. The van der Waals surface area contributed by atoms with Crippen LogP contribution in [0, 0.1) is 0 Å². The monoisotopic (exact) mass is 390 g/mol. The lowest BCUT2D eigenvalue weighted by Gasteiger charge is -2.22. The minimum atomic E-state index is -3.48. The zero-order valence-corrected chi connectivity index (χ0v) is 15.9. The number of hydrogen-bond donors (Lipinski definition) is 1. The normalized spacial score (nSPS) is 12.6. The smallest absolute Gasteiger partial charge is 0.232 e. The first-order valence-electron chi connectivity index (χ1n) is 8.61. The van der Waals surface area contributed by atoms with Gasteiger partial charge in [-0.05, 0) is 24.1 Å². The van der Waals surface area contributed by atoms with Crippen LogP contribution in [-0.2, 0) is 21.4 Å². The lowest BCUT2D eigenvalue weighted by molar-refractivity contribution is -0.121. The summed E-state index contributed by atoms with van der Waals surface area (Å²) in [7, 11) is -3.48. The van der Waals surface area contributed by atoms with Crippen LogP contribution in [0.15, 0.2) is 48.5 Å². The van der Waals surface area contributed by atoms with Crippen LogP contribution in [0.5, 0.6) is 11.5 Å². The van der Waals surface area contributed by atoms with Gasteiger partial charge < -0.3 is 14.8 Å². The fraction of sp³-hybridized carbons (Fsp3) is 0.316. The first-order valence-corrected chi connectivity index (χ1v) is 10.5. The summed E-state index contributed by atoms with van der Waals surface area (Å²) in [6, 6.07) is 14.6. The molecule has 0 saturated carbocycles. The SMILES string of the molecule is CS(=O)(=O)N(CCCC(=O)NCc1ccccc1)c1ccc2c(c1)OCO2.